The summed E-state index contributed by atoms with van der Waals surface area (Å²) in [6, 6.07) is 30.0. The van der Waals surface area contributed by atoms with Crippen molar-refractivity contribution in [1.29, 1.82) is 5.26 Å². The lowest BCUT2D eigenvalue weighted by Gasteiger charge is -2.16. The highest BCUT2D eigenvalue weighted by Gasteiger charge is 2.18. The second-order valence-corrected chi connectivity index (χ2v) is 7.91. The van der Waals surface area contributed by atoms with Gasteiger partial charge in [0.25, 0.3) is 0 Å². The molecule has 0 fully saturated rings. The average molecular weight is 411 g/mol. The third-order valence-electron chi connectivity index (χ3n) is 6.16. The lowest BCUT2D eigenvalue weighted by molar-refractivity contribution is 0.477. The zero-order valence-corrected chi connectivity index (χ0v) is 17.0. The molecule has 0 bridgehead atoms. The third-order valence-corrected chi connectivity index (χ3v) is 6.16. The molecular formula is C28H17N3O. The summed E-state index contributed by atoms with van der Waals surface area (Å²) < 4.78 is 0. The van der Waals surface area contributed by atoms with Gasteiger partial charge in [0.15, 0.2) is 0 Å². The van der Waals surface area contributed by atoms with Gasteiger partial charge >= 0.3 is 0 Å². The highest BCUT2D eigenvalue weighted by molar-refractivity contribution is 6.25. The van der Waals surface area contributed by atoms with Crippen LogP contribution in [0.3, 0.4) is 0 Å². The van der Waals surface area contributed by atoms with E-state index in [4.69, 9.17) is 5.73 Å². The maximum atomic E-state index is 10.4. The van der Waals surface area contributed by atoms with Gasteiger partial charge in [0.1, 0.15) is 23.2 Å². The molecular weight excluding hydrogens is 394 g/mol. The lowest BCUT2D eigenvalue weighted by Crippen LogP contribution is -2.00. The van der Waals surface area contributed by atoms with E-state index in [1.807, 2.05) is 18.2 Å². The Hall–Kier alpha value is -4.62. The van der Waals surface area contributed by atoms with E-state index in [9.17, 15) is 10.4 Å². The minimum Gasteiger partial charge on any atom is -0.507 e. The van der Waals surface area contributed by atoms with Gasteiger partial charge in [0.05, 0.1) is 5.69 Å². The van der Waals surface area contributed by atoms with Crippen LogP contribution in [0.1, 0.15) is 5.56 Å². The van der Waals surface area contributed by atoms with E-state index in [1.54, 1.807) is 18.2 Å². The van der Waals surface area contributed by atoms with Crippen molar-refractivity contribution in [1.82, 2.24) is 4.98 Å². The number of phenolic OH excluding ortho intramolecular Hbond substituents is 1. The molecule has 6 aromatic rings. The fourth-order valence-corrected chi connectivity index (χ4v) is 4.69. The molecule has 150 valence electrons. The molecule has 32 heavy (non-hydrogen) atoms. The SMILES string of the molecule is N#Cc1c(-c2ccc3ccc4cccc5ccc2c3c45)cc(-c2ccccc2O)nc1N. The van der Waals surface area contributed by atoms with Gasteiger partial charge < -0.3 is 10.8 Å². The summed E-state index contributed by atoms with van der Waals surface area (Å²) in [5.74, 6) is 0.263. The summed E-state index contributed by atoms with van der Waals surface area (Å²) in [6.45, 7) is 0. The van der Waals surface area contributed by atoms with Crippen molar-refractivity contribution < 1.29 is 5.11 Å². The van der Waals surface area contributed by atoms with Crippen LogP contribution in [0.2, 0.25) is 0 Å². The number of rotatable bonds is 2. The second kappa shape index (κ2) is 6.69. The zero-order valence-electron chi connectivity index (χ0n) is 17.0. The van der Waals surface area contributed by atoms with Gasteiger partial charge in [-0.15, -0.1) is 0 Å². The Labute approximate surface area is 184 Å². The van der Waals surface area contributed by atoms with Gasteiger partial charge in [-0.2, -0.15) is 5.26 Å². The molecule has 0 aliphatic carbocycles. The normalized spacial score (nSPS) is 11.3. The Bertz CT molecular complexity index is 1700. The zero-order chi connectivity index (χ0) is 21.8. The first-order valence-electron chi connectivity index (χ1n) is 10.3. The van der Waals surface area contributed by atoms with Crippen LogP contribution in [0.4, 0.5) is 5.82 Å². The topological polar surface area (TPSA) is 82.9 Å². The summed E-state index contributed by atoms with van der Waals surface area (Å²) in [7, 11) is 0. The van der Waals surface area contributed by atoms with Crippen molar-refractivity contribution in [2.75, 3.05) is 5.73 Å². The molecule has 1 heterocycles. The number of aromatic hydroxyl groups is 1. The molecule has 3 N–H and O–H groups in total. The summed E-state index contributed by atoms with van der Waals surface area (Å²) in [5.41, 5.74) is 9.28. The molecule has 0 spiro atoms. The largest absolute Gasteiger partial charge is 0.507 e. The number of nitrogen functional groups attached to an aromatic ring is 1. The monoisotopic (exact) mass is 411 g/mol. The molecule has 5 aromatic carbocycles. The van der Waals surface area contributed by atoms with Crippen LogP contribution >= 0.6 is 0 Å². The van der Waals surface area contributed by atoms with Gasteiger partial charge in [-0.3, -0.25) is 0 Å². The second-order valence-electron chi connectivity index (χ2n) is 7.91. The standard InChI is InChI=1S/C28H17N3O/c29-15-23-22(14-24(31-28(23)30)21-6-1-2-7-25(21)32)19-12-10-18-9-8-16-4-3-5-17-11-13-20(19)27(18)26(16)17/h1-14,32H,(H2,30,31). The highest BCUT2D eigenvalue weighted by Crippen LogP contribution is 2.41. The summed E-state index contributed by atoms with van der Waals surface area (Å²) >= 11 is 0. The number of pyridine rings is 1. The van der Waals surface area contributed by atoms with Crippen LogP contribution in [-0.4, -0.2) is 10.1 Å². The summed E-state index contributed by atoms with van der Waals surface area (Å²) in [4.78, 5) is 4.42. The van der Waals surface area contributed by atoms with Gasteiger partial charge in [-0.25, -0.2) is 4.98 Å². The van der Waals surface area contributed by atoms with Gasteiger partial charge in [-0.1, -0.05) is 66.7 Å². The molecule has 6 rings (SSSR count). The Morgan fingerprint density at radius 1 is 0.719 bits per heavy atom. The van der Waals surface area contributed by atoms with Crippen LogP contribution in [0.25, 0.3) is 54.7 Å². The lowest BCUT2D eigenvalue weighted by atomic mass is 9.88. The molecule has 4 nitrogen and oxygen atoms in total. The van der Waals surface area contributed by atoms with E-state index >= 15 is 0 Å². The minimum absolute atomic E-state index is 0.116. The maximum absolute atomic E-state index is 10.4. The summed E-state index contributed by atoms with van der Waals surface area (Å²) in [5, 5.41) is 27.2. The molecule has 0 aliphatic rings. The number of para-hydroxylation sites is 1. The third kappa shape index (κ3) is 2.52. The smallest absolute Gasteiger partial charge is 0.142 e. The van der Waals surface area contributed by atoms with Crippen molar-refractivity contribution in [3.8, 4) is 34.2 Å². The maximum Gasteiger partial charge on any atom is 0.142 e. The fourth-order valence-electron chi connectivity index (χ4n) is 4.69. The van der Waals surface area contributed by atoms with E-state index in [-0.39, 0.29) is 11.6 Å². The molecule has 0 radical (unpaired) electrons. The Kier molecular flexibility index (Phi) is 3.80. The van der Waals surface area contributed by atoms with E-state index in [2.05, 4.69) is 59.6 Å². The molecule has 4 heteroatoms. The van der Waals surface area contributed by atoms with Crippen molar-refractivity contribution in [3.05, 3.63) is 90.5 Å². The number of aromatic nitrogens is 1. The molecule has 0 saturated carbocycles. The molecule has 1 aromatic heterocycles. The van der Waals surface area contributed by atoms with Crippen molar-refractivity contribution in [2.24, 2.45) is 0 Å². The van der Waals surface area contributed by atoms with Gasteiger partial charge in [0, 0.05) is 11.1 Å². The number of phenols is 1. The van der Waals surface area contributed by atoms with Crippen LogP contribution in [0.5, 0.6) is 5.75 Å². The highest BCUT2D eigenvalue weighted by atomic mass is 16.3. The van der Waals surface area contributed by atoms with E-state index < -0.39 is 0 Å². The number of hydrogen-bond acceptors (Lipinski definition) is 4. The number of nitriles is 1. The van der Waals surface area contributed by atoms with E-state index in [0.717, 1.165) is 16.3 Å². The van der Waals surface area contributed by atoms with Crippen LogP contribution in [-0.2, 0) is 0 Å². The number of hydrogen-bond donors (Lipinski definition) is 2. The minimum atomic E-state index is 0.116. The van der Waals surface area contributed by atoms with Gasteiger partial charge in [0.2, 0.25) is 0 Å². The Balaban J connectivity index is 1.72. The number of nitrogens with zero attached hydrogens (tertiary/aromatic N) is 2. The molecule has 0 saturated heterocycles. The van der Waals surface area contributed by atoms with Crippen LogP contribution in [0, 0.1) is 11.3 Å². The average Bonchev–Trinajstić information content (AvgIpc) is 2.82. The van der Waals surface area contributed by atoms with Gasteiger partial charge in [-0.05, 0) is 56.1 Å². The Morgan fingerprint density at radius 3 is 2.16 bits per heavy atom. The molecule has 0 amide bonds. The number of anilines is 1. The molecule has 0 unspecified atom stereocenters. The van der Waals surface area contributed by atoms with Crippen molar-refractivity contribution >= 4 is 38.1 Å². The molecule has 0 aliphatic heterocycles. The van der Waals surface area contributed by atoms with E-state index in [0.29, 0.717) is 22.4 Å². The first-order valence-corrected chi connectivity index (χ1v) is 10.3. The van der Waals surface area contributed by atoms with Crippen LogP contribution in [0.15, 0.2) is 84.9 Å². The predicted molar refractivity (Wildman–Crippen MR) is 130 cm³/mol. The Morgan fingerprint density at radius 2 is 1.41 bits per heavy atom. The number of benzene rings is 5. The van der Waals surface area contributed by atoms with Crippen LogP contribution < -0.4 is 5.73 Å². The first kappa shape index (κ1) is 18.2. The molecule has 0 atom stereocenters. The fraction of sp³-hybridized carbons (Fsp3) is 0. The predicted octanol–water partition coefficient (Wildman–Crippen LogP) is 6.47. The van der Waals surface area contributed by atoms with Crippen molar-refractivity contribution in [3.63, 3.8) is 0 Å². The quantitative estimate of drug-likeness (QED) is 0.320. The number of nitrogens with two attached hydrogens (primary N) is 1. The summed E-state index contributed by atoms with van der Waals surface area (Å²) in [6.07, 6.45) is 0. The van der Waals surface area contributed by atoms with Crippen molar-refractivity contribution in [2.45, 2.75) is 0 Å². The first-order chi connectivity index (χ1) is 15.7. The van der Waals surface area contributed by atoms with E-state index in [1.165, 1.54) is 21.5 Å².